The molecule has 0 amide bonds. The fraction of sp³-hybridized carbons (Fsp3) is 0.375. The maximum absolute atomic E-state index is 12.9. The molecule has 1 aliphatic heterocycles. The number of nitrogens with zero attached hydrogens (tertiary/aromatic N) is 2. The Kier molecular flexibility index (Phi) is 4.22. The SMILES string of the molecule is NCc1ccc(CN2CCN(c3ccc(F)cc3)CC2)o1. The van der Waals surface area contributed by atoms with Gasteiger partial charge < -0.3 is 15.1 Å². The van der Waals surface area contributed by atoms with Crippen molar-refractivity contribution >= 4 is 5.69 Å². The molecular weight excluding hydrogens is 269 g/mol. The first-order valence-electron chi connectivity index (χ1n) is 7.25. The van der Waals surface area contributed by atoms with Crippen LogP contribution in [0.4, 0.5) is 10.1 Å². The minimum Gasteiger partial charge on any atom is -0.463 e. The molecule has 2 aromatic rings. The molecule has 0 unspecified atom stereocenters. The van der Waals surface area contributed by atoms with Crippen LogP contribution in [0.1, 0.15) is 11.5 Å². The third-order valence-electron chi connectivity index (χ3n) is 3.86. The second-order valence-electron chi connectivity index (χ2n) is 5.31. The smallest absolute Gasteiger partial charge is 0.123 e. The third-order valence-corrected chi connectivity index (χ3v) is 3.86. The van der Waals surface area contributed by atoms with Gasteiger partial charge in [0.15, 0.2) is 0 Å². The summed E-state index contributed by atoms with van der Waals surface area (Å²) < 4.78 is 18.6. The van der Waals surface area contributed by atoms with Gasteiger partial charge in [-0.05, 0) is 36.4 Å². The first-order chi connectivity index (χ1) is 10.2. The Bertz CT molecular complexity index is 573. The molecule has 2 N–H and O–H groups in total. The molecule has 3 rings (SSSR count). The Morgan fingerprint density at radius 1 is 0.952 bits per heavy atom. The van der Waals surface area contributed by atoms with E-state index in [0.717, 1.165) is 49.9 Å². The lowest BCUT2D eigenvalue weighted by Crippen LogP contribution is -2.45. The van der Waals surface area contributed by atoms with Crippen molar-refractivity contribution in [1.29, 1.82) is 0 Å². The number of piperazine rings is 1. The summed E-state index contributed by atoms with van der Waals surface area (Å²) in [4.78, 5) is 4.64. The molecule has 1 saturated heterocycles. The average molecular weight is 289 g/mol. The van der Waals surface area contributed by atoms with Crippen LogP contribution in [0.2, 0.25) is 0 Å². The van der Waals surface area contributed by atoms with Gasteiger partial charge in [0.05, 0.1) is 13.1 Å². The molecule has 4 nitrogen and oxygen atoms in total. The van der Waals surface area contributed by atoms with Crippen LogP contribution in [0, 0.1) is 5.82 Å². The molecule has 21 heavy (non-hydrogen) atoms. The minimum absolute atomic E-state index is 0.189. The molecule has 5 heteroatoms. The maximum atomic E-state index is 12.9. The number of furan rings is 1. The fourth-order valence-electron chi connectivity index (χ4n) is 2.65. The number of hydrogen-bond donors (Lipinski definition) is 1. The molecule has 2 heterocycles. The summed E-state index contributed by atoms with van der Waals surface area (Å²) in [6.45, 7) is 5.08. The molecular formula is C16H20FN3O. The molecule has 0 spiro atoms. The van der Waals surface area contributed by atoms with Crippen molar-refractivity contribution < 1.29 is 8.81 Å². The average Bonchev–Trinajstić information content (AvgIpc) is 2.97. The third kappa shape index (κ3) is 3.43. The van der Waals surface area contributed by atoms with Crippen molar-refractivity contribution in [2.45, 2.75) is 13.1 Å². The molecule has 0 atom stereocenters. The highest BCUT2D eigenvalue weighted by molar-refractivity contribution is 5.46. The molecule has 0 saturated carbocycles. The Hall–Kier alpha value is -1.85. The number of anilines is 1. The molecule has 1 aliphatic rings. The Morgan fingerprint density at radius 2 is 1.62 bits per heavy atom. The van der Waals surface area contributed by atoms with Crippen LogP contribution in [0.25, 0.3) is 0 Å². The van der Waals surface area contributed by atoms with Gasteiger partial charge >= 0.3 is 0 Å². The Balaban J connectivity index is 1.54. The van der Waals surface area contributed by atoms with Crippen LogP contribution in [-0.2, 0) is 13.1 Å². The topological polar surface area (TPSA) is 45.6 Å². The number of benzene rings is 1. The quantitative estimate of drug-likeness (QED) is 0.937. The normalized spacial score (nSPS) is 16.4. The van der Waals surface area contributed by atoms with Crippen LogP contribution >= 0.6 is 0 Å². The standard InChI is InChI=1S/C16H20FN3O/c17-13-1-3-14(4-2-13)20-9-7-19(8-10-20)12-16-6-5-15(11-18)21-16/h1-6H,7-12,18H2. The van der Waals surface area contributed by atoms with Crippen molar-refractivity contribution in [3.63, 3.8) is 0 Å². The monoisotopic (exact) mass is 289 g/mol. The molecule has 112 valence electrons. The molecule has 0 radical (unpaired) electrons. The first-order valence-corrected chi connectivity index (χ1v) is 7.25. The van der Waals surface area contributed by atoms with E-state index in [2.05, 4.69) is 9.80 Å². The van der Waals surface area contributed by atoms with Gasteiger partial charge in [0.1, 0.15) is 17.3 Å². The zero-order valence-electron chi connectivity index (χ0n) is 12.0. The van der Waals surface area contributed by atoms with E-state index in [9.17, 15) is 4.39 Å². The van der Waals surface area contributed by atoms with Crippen molar-refractivity contribution in [2.24, 2.45) is 5.73 Å². The van der Waals surface area contributed by atoms with E-state index in [1.54, 1.807) is 0 Å². The number of halogens is 1. The molecule has 1 fully saturated rings. The maximum Gasteiger partial charge on any atom is 0.123 e. The highest BCUT2D eigenvalue weighted by Gasteiger charge is 2.18. The van der Waals surface area contributed by atoms with Crippen LogP contribution in [-0.4, -0.2) is 31.1 Å². The van der Waals surface area contributed by atoms with Gasteiger partial charge in [0, 0.05) is 31.9 Å². The summed E-state index contributed by atoms with van der Waals surface area (Å²) >= 11 is 0. The lowest BCUT2D eigenvalue weighted by atomic mass is 10.2. The van der Waals surface area contributed by atoms with Gasteiger partial charge in [-0.1, -0.05) is 0 Å². The predicted octanol–water partition coefficient (Wildman–Crippen LogP) is 2.20. The largest absolute Gasteiger partial charge is 0.463 e. The van der Waals surface area contributed by atoms with Crippen LogP contribution < -0.4 is 10.6 Å². The highest BCUT2D eigenvalue weighted by Crippen LogP contribution is 2.18. The van der Waals surface area contributed by atoms with Crippen LogP contribution in [0.15, 0.2) is 40.8 Å². The summed E-state index contributed by atoms with van der Waals surface area (Å²) in [6, 6.07) is 10.6. The van der Waals surface area contributed by atoms with E-state index in [0.29, 0.717) is 6.54 Å². The zero-order chi connectivity index (χ0) is 14.7. The van der Waals surface area contributed by atoms with E-state index < -0.39 is 0 Å². The predicted molar refractivity (Wildman–Crippen MR) is 80.5 cm³/mol. The van der Waals surface area contributed by atoms with Crippen molar-refractivity contribution in [3.8, 4) is 0 Å². The lowest BCUT2D eigenvalue weighted by Gasteiger charge is -2.35. The van der Waals surface area contributed by atoms with E-state index in [-0.39, 0.29) is 5.82 Å². The summed E-state index contributed by atoms with van der Waals surface area (Å²) in [5, 5.41) is 0. The lowest BCUT2D eigenvalue weighted by molar-refractivity contribution is 0.228. The van der Waals surface area contributed by atoms with Crippen molar-refractivity contribution in [3.05, 3.63) is 53.7 Å². The van der Waals surface area contributed by atoms with E-state index in [4.69, 9.17) is 10.2 Å². The molecule has 0 aliphatic carbocycles. The summed E-state index contributed by atoms with van der Waals surface area (Å²) in [7, 11) is 0. The number of nitrogens with two attached hydrogens (primary N) is 1. The van der Waals surface area contributed by atoms with Gasteiger partial charge in [-0.15, -0.1) is 0 Å². The summed E-state index contributed by atoms with van der Waals surface area (Å²) in [5.74, 6) is 1.60. The van der Waals surface area contributed by atoms with E-state index in [1.807, 2.05) is 24.3 Å². The number of rotatable bonds is 4. The van der Waals surface area contributed by atoms with E-state index >= 15 is 0 Å². The minimum atomic E-state index is -0.189. The summed E-state index contributed by atoms with van der Waals surface area (Å²) in [5.41, 5.74) is 6.63. The van der Waals surface area contributed by atoms with Crippen LogP contribution in [0.5, 0.6) is 0 Å². The second kappa shape index (κ2) is 6.28. The molecule has 0 bridgehead atoms. The van der Waals surface area contributed by atoms with Gasteiger partial charge in [0.2, 0.25) is 0 Å². The summed E-state index contributed by atoms with van der Waals surface area (Å²) in [6.07, 6.45) is 0. The van der Waals surface area contributed by atoms with Gasteiger partial charge in [-0.3, -0.25) is 4.90 Å². The number of hydrogen-bond acceptors (Lipinski definition) is 4. The highest BCUT2D eigenvalue weighted by atomic mass is 19.1. The van der Waals surface area contributed by atoms with Crippen molar-refractivity contribution in [2.75, 3.05) is 31.1 Å². The van der Waals surface area contributed by atoms with Gasteiger partial charge in [-0.25, -0.2) is 4.39 Å². The Labute approximate surface area is 123 Å². The molecule has 1 aromatic heterocycles. The fourth-order valence-corrected chi connectivity index (χ4v) is 2.65. The van der Waals surface area contributed by atoms with Crippen molar-refractivity contribution in [1.82, 2.24) is 4.90 Å². The first kappa shape index (κ1) is 14.1. The van der Waals surface area contributed by atoms with Gasteiger partial charge in [0.25, 0.3) is 0 Å². The van der Waals surface area contributed by atoms with Gasteiger partial charge in [-0.2, -0.15) is 0 Å². The molecule has 1 aromatic carbocycles. The van der Waals surface area contributed by atoms with E-state index in [1.165, 1.54) is 12.1 Å². The van der Waals surface area contributed by atoms with Crippen LogP contribution in [0.3, 0.4) is 0 Å². The second-order valence-corrected chi connectivity index (χ2v) is 5.31. The zero-order valence-corrected chi connectivity index (χ0v) is 12.0. The Morgan fingerprint density at radius 3 is 2.24 bits per heavy atom.